The number of aryl methyl sites for hydroxylation is 1. The zero-order valence-corrected chi connectivity index (χ0v) is 25.2. The molecule has 7 heteroatoms. The smallest absolute Gasteiger partial charge is 0.181 e. The lowest BCUT2D eigenvalue weighted by molar-refractivity contribution is 0.405. The van der Waals surface area contributed by atoms with Crippen molar-refractivity contribution in [1.82, 2.24) is 25.1 Å². The summed E-state index contributed by atoms with van der Waals surface area (Å²) in [6.07, 6.45) is 15.3. The normalized spacial score (nSPS) is 13.8. The molecule has 3 N–H and O–H groups in total. The second-order valence-corrected chi connectivity index (χ2v) is 10.7. The van der Waals surface area contributed by atoms with Crippen LogP contribution in [-0.2, 0) is 0 Å². The van der Waals surface area contributed by atoms with Gasteiger partial charge in [-0.3, -0.25) is 10.1 Å². The fourth-order valence-corrected chi connectivity index (χ4v) is 5.76. The van der Waals surface area contributed by atoms with E-state index in [9.17, 15) is 4.39 Å². The first-order valence-corrected chi connectivity index (χ1v) is 15.0. The molecular weight excluding hydrogens is 535 g/mol. The molecule has 4 aromatic heterocycles. The van der Waals surface area contributed by atoms with Gasteiger partial charge in [0.1, 0.15) is 5.82 Å². The number of benzene rings is 1. The molecule has 1 aliphatic carbocycles. The van der Waals surface area contributed by atoms with Gasteiger partial charge in [-0.05, 0) is 67.2 Å². The third-order valence-electron chi connectivity index (χ3n) is 7.88. The molecule has 220 valence electrons. The molecule has 0 spiro atoms. The quantitative estimate of drug-likeness (QED) is 0.161. The summed E-state index contributed by atoms with van der Waals surface area (Å²) in [6, 6.07) is 12.8. The van der Waals surface area contributed by atoms with Crippen molar-refractivity contribution in [3.63, 3.8) is 0 Å². The Kier molecular flexibility index (Phi) is 9.30. The van der Waals surface area contributed by atoms with Gasteiger partial charge in [0.2, 0.25) is 0 Å². The molecule has 43 heavy (non-hydrogen) atoms. The fourth-order valence-electron chi connectivity index (χ4n) is 5.76. The molecular formula is C36H39FN6. The van der Waals surface area contributed by atoms with Crippen LogP contribution in [-0.4, -0.2) is 25.1 Å². The summed E-state index contributed by atoms with van der Waals surface area (Å²) in [6.45, 7) is 14.2. The SMILES string of the molecule is C=C/C=C(/c1cccc(F)c1)c1cc(-c2[nH]nc3ncc(-c4cncc(NC(=C)C5CCCCC5)c4)cc23)[nH]c1C.CC. The number of rotatable bonds is 8. The lowest BCUT2D eigenvalue weighted by Crippen LogP contribution is -2.14. The maximum atomic E-state index is 14.0. The van der Waals surface area contributed by atoms with E-state index in [-0.39, 0.29) is 5.82 Å². The van der Waals surface area contributed by atoms with E-state index >= 15 is 0 Å². The molecule has 0 bridgehead atoms. The van der Waals surface area contributed by atoms with E-state index < -0.39 is 0 Å². The Hall–Kier alpha value is -4.78. The van der Waals surface area contributed by atoms with Gasteiger partial charge in [0.15, 0.2) is 5.65 Å². The topological polar surface area (TPSA) is 82.3 Å². The first-order chi connectivity index (χ1) is 21.0. The number of hydrogen-bond donors (Lipinski definition) is 3. The highest BCUT2D eigenvalue weighted by Crippen LogP contribution is 2.35. The maximum absolute atomic E-state index is 14.0. The Bertz CT molecular complexity index is 1770. The molecule has 1 saturated carbocycles. The van der Waals surface area contributed by atoms with Gasteiger partial charge < -0.3 is 10.3 Å². The van der Waals surface area contributed by atoms with Crippen LogP contribution >= 0.6 is 0 Å². The number of nitrogens with zero attached hydrogens (tertiary/aromatic N) is 3. The molecule has 0 atom stereocenters. The van der Waals surface area contributed by atoms with E-state index in [1.54, 1.807) is 12.1 Å². The van der Waals surface area contributed by atoms with Crippen LogP contribution in [0.5, 0.6) is 0 Å². The Balaban J connectivity index is 0.00000180. The molecule has 5 aromatic rings. The van der Waals surface area contributed by atoms with Gasteiger partial charge in [-0.25, -0.2) is 9.37 Å². The van der Waals surface area contributed by atoms with E-state index in [1.807, 2.05) is 51.5 Å². The first kappa shape index (κ1) is 29.7. The van der Waals surface area contributed by atoms with Crippen LogP contribution in [0.2, 0.25) is 0 Å². The van der Waals surface area contributed by atoms with E-state index in [2.05, 4.69) is 61.8 Å². The van der Waals surface area contributed by atoms with Crippen LogP contribution < -0.4 is 5.32 Å². The Morgan fingerprint density at radius 2 is 1.81 bits per heavy atom. The lowest BCUT2D eigenvalue weighted by atomic mass is 9.87. The summed E-state index contributed by atoms with van der Waals surface area (Å²) in [4.78, 5) is 12.6. The molecule has 1 fully saturated rings. The number of halogens is 1. The highest BCUT2D eigenvalue weighted by atomic mass is 19.1. The zero-order valence-electron chi connectivity index (χ0n) is 25.2. The molecule has 0 amide bonds. The van der Waals surface area contributed by atoms with Gasteiger partial charge in [0.05, 0.1) is 23.3 Å². The minimum atomic E-state index is -0.281. The molecule has 4 heterocycles. The number of aromatic nitrogens is 5. The summed E-state index contributed by atoms with van der Waals surface area (Å²) < 4.78 is 14.0. The van der Waals surface area contributed by atoms with Crippen molar-refractivity contribution in [2.75, 3.05) is 5.32 Å². The Morgan fingerprint density at radius 1 is 1.02 bits per heavy atom. The lowest BCUT2D eigenvalue weighted by Gasteiger charge is -2.24. The van der Waals surface area contributed by atoms with Gasteiger partial charge in [-0.15, -0.1) is 0 Å². The molecule has 6 nitrogen and oxygen atoms in total. The number of allylic oxidation sites excluding steroid dienone is 3. The Morgan fingerprint density at radius 3 is 2.58 bits per heavy atom. The average Bonchev–Trinajstić information content (AvgIpc) is 3.64. The molecule has 1 aromatic carbocycles. The van der Waals surface area contributed by atoms with Crippen molar-refractivity contribution >= 4 is 22.3 Å². The number of aromatic amines is 2. The minimum absolute atomic E-state index is 0.281. The monoisotopic (exact) mass is 574 g/mol. The first-order valence-electron chi connectivity index (χ1n) is 15.0. The van der Waals surface area contributed by atoms with E-state index in [1.165, 1.54) is 44.2 Å². The van der Waals surface area contributed by atoms with Crippen molar-refractivity contribution in [3.05, 3.63) is 115 Å². The average molecular weight is 575 g/mol. The number of hydrogen-bond acceptors (Lipinski definition) is 4. The second kappa shape index (κ2) is 13.5. The maximum Gasteiger partial charge on any atom is 0.181 e. The number of fused-ring (bicyclic) bond motifs is 1. The number of H-pyrrole nitrogens is 2. The van der Waals surface area contributed by atoms with Gasteiger partial charge in [0.25, 0.3) is 0 Å². The predicted molar refractivity (Wildman–Crippen MR) is 176 cm³/mol. The van der Waals surface area contributed by atoms with E-state index in [0.29, 0.717) is 11.6 Å². The molecule has 1 aliphatic rings. The summed E-state index contributed by atoms with van der Waals surface area (Å²) in [5, 5.41) is 12.0. The van der Waals surface area contributed by atoms with E-state index in [0.717, 1.165) is 61.7 Å². The molecule has 0 aliphatic heterocycles. The van der Waals surface area contributed by atoms with Crippen molar-refractivity contribution in [2.24, 2.45) is 5.92 Å². The van der Waals surface area contributed by atoms with Gasteiger partial charge in [0, 0.05) is 45.9 Å². The predicted octanol–water partition coefficient (Wildman–Crippen LogP) is 9.61. The van der Waals surface area contributed by atoms with Crippen LogP contribution in [0.1, 0.15) is 62.8 Å². The zero-order chi connectivity index (χ0) is 30.3. The number of anilines is 1. The van der Waals surface area contributed by atoms with Crippen molar-refractivity contribution in [1.29, 1.82) is 0 Å². The standard InChI is InChI=1S/C34H33FN6.C2H6/c1-4-9-29(24-12-8-13-27(35)14-24)30-17-32(39-22(30)3)33-31-16-26(19-37-34(31)41-40-33)25-15-28(20-36-18-25)38-21(2)23-10-6-5-7-11-23;1-2/h4,8-9,12-20,23,38-39H,1-2,5-7,10-11H2,3H3,(H,37,40,41);1-2H3/b29-9-;. The summed E-state index contributed by atoms with van der Waals surface area (Å²) in [7, 11) is 0. The second-order valence-electron chi connectivity index (χ2n) is 10.7. The Labute approximate surface area is 252 Å². The van der Waals surface area contributed by atoms with Crippen LogP contribution in [0.25, 0.3) is 39.1 Å². The number of nitrogens with one attached hydrogen (secondary N) is 3. The van der Waals surface area contributed by atoms with Crippen LogP contribution in [0, 0.1) is 18.7 Å². The molecule has 0 radical (unpaired) electrons. The summed E-state index contributed by atoms with van der Waals surface area (Å²) >= 11 is 0. The van der Waals surface area contributed by atoms with Crippen molar-refractivity contribution < 1.29 is 4.39 Å². The fraction of sp³-hybridized carbons (Fsp3) is 0.250. The largest absolute Gasteiger partial charge is 0.358 e. The van der Waals surface area contributed by atoms with Gasteiger partial charge in [-0.1, -0.05) is 70.6 Å². The van der Waals surface area contributed by atoms with E-state index in [4.69, 9.17) is 0 Å². The van der Waals surface area contributed by atoms with Crippen molar-refractivity contribution in [3.8, 4) is 22.5 Å². The third kappa shape index (κ3) is 6.51. The number of pyridine rings is 2. The molecule has 0 unspecified atom stereocenters. The van der Waals surface area contributed by atoms with Gasteiger partial charge in [-0.2, -0.15) is 5.10 Å². The highest BCUT2D eigenvalue weighted by molar-refractivity contribution is 5.94. The summed E-state index contributed by atoms with van der Waals surface area (Å²) in [5.41, 5.74) is 9.77. The van der Waals surface area contributed by atoms with Gasteiger partial charge >= 0.3 is 0 Å². The van der Waals surface area contributed by atoms with Crippen LogP contribution in [0.4, 0.5) is 10.1 Å². The van der Waals surface area contributed by atoms with Crippen molar-refractivity contribution in [2.45, 2.75) is 52.9 Å². The highest BCUT2D eigenvalue weighted by Gasteiger charge is 2.18. The molecule has 6 rings (SSSR count). The third-order valence-corrected chi connectivity index (χ3v) is 7.88. The molecule has 0 saturated heterocycles. The summed E-state index contributed by atoms with van der Waals surface area (Å²) in [5.74, 6) is 0.229. The van der Waals surface area contributed by atoms with Crippen LogP contribution in [0.15, 0.2) is 92.1 Å². The minimum Gasteiger partial charge on any atom is -0.358 e. The van der Waals surface area contributed by atoms with Crippen LogP contribution in [0.3, 0.4) is 0 Å².